The van der Waals surface area contributed by atoms with Crippen LogP contribution in [-0.2, 0) is 0 Å². The third-order valence-corrected chi connectivity index (χ3v) is 33.0. The lowest BCUT2D eigenvalue weighted by atomic mass is 10.0. The molecule has 0 bridgehead atoms. The summed E-state index contributed by atoms with van der Waals surface area (Å²) in [5.41, 5.74) is 12.6. The zero-order valence-corrected chi connectivity index (χ0v) is 78.9. The van der Waals surface area contributed by atoms with Crippen LogP contribution in [0.5, 0.6) is 0 Å². The lowest BCUT2D eigenvalue weighted by molar-refractivity contribution is 1.24. The maximum atomic E-state index is 2.29. The van der Waals surface area contributed by atoms with Gasteiger partial charge >= 0.3 is 0 Å². The van der Waals surface area contributed by atoms with Gasteiger partial charge in [-0.3, -0.25) is 0 Å². The number of benzene rings is 15. The van der Waals surface area contributed by atoms with Gasteiger partial charge in [0.2, 0.25) is 0 Å². The van der Waals surface area contributed by atoms with E-state index < -0.39 is 0 Å². The van der Waals surface area contributed by atoms with Gasteiger partial charge in [-0.15, -0.1) is 90.7 Å². The molecule has 0 aliphatic carbocycles. The van der Waals surface area contributed by atoms with E-state index in [1.165, 1.54) is 189 Å². The molecule has 0 fully saturated rings. The highest BCUT2D eigenvalue weighted by Crippen LogP contribution is 2.48. The molecule has 5 nitrogen and oxygen atoms in total. The van der Waals surface area contributed by atoms with Crippen molar-refractivity contribution in [1.82, 2.24) is 0 Å². The molecule has 632 valence electrons. The van der Waals surface area contributed by atoms with Crippen LogP contribution >= 0.6 is 90.7 Å². The first-order valence-corrected chi connectivity index (χ1v) is 49.7. The normalized spacial score (nSPS) is 11.0. The predicted octanol–water partition coefficient (Wildman–Crippen LogP) is 36.9. The summed E-state index contributed by atoms with van der Waals surface area (Å²) in [6, 6.07) is 164. The quantitative estimate of drug-likeness (QED) is 0.0848. The maximum absolute atomic E-state index is 2.29. The van der Waals surface area contributed by atoms with Gasteiger partial charge in [0.1, 0.15) is 0 Å². The Labute approximate surface area is 793 Å². The highest BCUT2D eigenvalue weighted by Gasteiger charge is 2.20. The third-order valence-electron chi connectivity index (χ3n) is 23.1. The Hall–Kier alpha value is -13.8. The van der Waals surface area contributed by atoms with E-state index in [1.807, 2.05) is 103 Å². The van der Waals surface area contributed by atoms with Crippen LogP contribution in [0.1, 0.15) is 0 Å². The van der Waals surface area contributed by atoms with Crippen molar-refractivity contribution in [3.8, 4) is 81.5 Å². The fourth-order valence-electron chi connectivity index (χ4n) is 16.2. The largest absolute Gasteiger partial charge is 0.336 e. The maximum Gasteiger partial charge on any atom is 0.0957 e. The molecule has 0 radical (unpaired) electrons. The van der Waals surface area contributed by atoms with E-state index in [-0.39, 0.29) is 0 Å². The second kappa shape index (κ2) is 40.3. The number of fused-ring (bicyclic) bond motifs is 5. The van der Waals surface area contributed by atoms with Gasteiger partial charge in [-0.1, -0.05) is 315 Å². The lowest BCUT2D eigenvalue weighted by Crippen LogP contribution is -2.07. The molecule has 13 heteroatoms. The van der Waals surface area contributed by atoms with E-state index in [2.05, 4.69) is 509 Å². The first-order chi connectivity index (χ1) is 64.0. The SMILES string of the molecule is CN(c1ccc(-c2ccc(-c3ccccc3)s2)s1)c1cccc2ccccc12.CN(c1ccc(-c2cccc3ccccc23)s1)c1cccc2ccccc12.CN(c1ccccc1)c1ccc(-c2ccc(-c3cccc4ccccc34)s2)s1.CN(c1ccccc1)c1ccc(-c2ccc(-c3ccccc3)s2)s1.CN(c1ccccc1)c1ccc(-c2cccc3ccccc23)s1. The fourth-order valence-corrected chi connectivity index (χ4v) is 24.5. The second-order valence-electron chi connectivity index (χ2n) is 31.3. The molecule has 0 aliphatic heterocycles. The third kappa shape index (κ3) is 19.3. The average Bonchev–Trinajstić information content (AvgIpc) is 1.62. The minimum Gasteiger partial charge on any atom is -0.336 e. The van der Waals surface area contributed by atoms with Gasteiger partial charge in [-0.2, -0.15) is 0 Å². The fraction of sp³-hybridized carbons (Fsp3) is 0.0427. The van der Waals surface area contributed by atoms with E-state index in [0.29, 0.717) is 0 Å². The van der Waals surface area contributed by atoms with Crippen LogP contribution in [0.25, 0.3) is 135 Å². The van der Waals surface area contributed by atoms with E-state index in [4.69, 9.17) is 0 Å². The summed E-state index contributed by atoms with van der Waals surface area (Å²) in [6.07, 6.45) is 0. The molecule has 0 saturated heterocycles. The Morgan fingerprint density at radius 2 is 0.338 bits per heavy atom. The topological polar surface area (TPSA) is 16.2 Å². The molecule has 23 rings (SSSR count). The summed E-state index contributed by atoms with van der Waals surface area (Å²) in [5, 5.41) is 19.2. The lowest BCUT2D eigenvalue weighted by Gasteiger charge is -2.19. The van der Waals surface area contributed by atoms with E-state index in [9.17, 15) is 0 Å². The smallest absolute Gasteiger partial charge is 0.0957 e. The summed E-state index contributed by atoms with van der Waals surface area (Å²) in [4.78, 5) is 25.8. The second-order valence-corrected chi connectivity index (χ2v) is 39.9. The number of para-hydroxylation sites is 3. The van der Waals surface area contributed by atoms with Crippen molar-refractivity contribution < 1.29 is 0 Å². The van der Waals surface area contributed by atoms with Crippen LogP contribution in [0.4, 0.5) is 53.4 Å². The number of rotatable bonds is 18. The van der Waals surface area contributed by atoms with Crippen molar-refractivity contribution >= 4 is 198 Å². The van der Waals surface area contributed by atoms with Crippen LogP contribution in [-0.4, -0.2) is 35.2 Å². The number of hydrogen-bond acceptors (Lipinski definition) is 13. The molecule has 23 aromatic rings. The molecular formula is C117H91N5S8. The minimum atomic E-state index is 1.21. The van der Waals surface area contributed by atoms with Gasteiger partial charge in [0, 0.05) is 128 Å². The summed E-state index contributed by atoms with van der Waals surface area (Å²) in [6.45, 7) is 0. The molecule has 0 N–H and O–H groups in total. The van der Waals surface area contributed by atoms with Gasteiger partial charge in [-0.25, -0.2) is 0 Å². The van der Waals surface area contributed by atoms with Crippen LogP contribution in [0.3, 0.4) is 0 Å². The van der Waals surface area contributed by atoms with Crippen molar-refractivity contribution in [2.24, 2.45) is 0 Å². The number of nitrogens with zero attached hydrogens (tertiary/aromatic N) is 5. The van der Waals surface area contributed by atoms with Gasteiger partial charge in [0.25, 0.3) is 0 Å². The zero-order valence-electron chi connectivity index (χ0n) is 72.4. The highest BCUT2D eigenvalue weighted by molar-refractivity contribution is 7.27. The monoisotopic (exact) mass is 1820 g/mol. The van der Waals surface area contributed by atoms with E-state index >= 15 is 0 Å². The van der Waals surface area contributed by atoms with Crippen LogP contribution < -0.4 is 24.5 Å². The average molecular weight is 1820 g/mol. The van der Waals surface area contributed by atoms with Crippen molar-refractivity contribution in [3.63, 3.8) is 0 Å². The van der Waals surface area contributed by atoms with Crippen LogP contribution in [0, 0.1) is 0 Å². The van der Waals surface area contributed by atoms with Gasteiger partial charge in [0.15, 0.2) is 0 Å². The van der Waals surface area contributed by atoms with Gasteiger partial charge < -0.3 is 24.5 Å². The van der Waals surface area contributed by atoms with Crippen molar-refractivity contribution in [2.45, 2.75) is 0 Å². The van der Waals surface area contributed by atoms with E-state index in [0.717, 1.165) is 0 Å². The number of thiophene rings is 8. The summed E-state index contributed by atoms with van der Waals surface area (Å²) in [7, 11) is 10.7. The molecule has 0 amide bonds. The van der Waals surface area contributed by atoms with Crippen molar-refractivity contribution in [3.05, 3.63) is 461 Å². The Kier molecular flexibility index (Phi) is 26.5. The minimum absolute atomic E-state index is 1.21. The molecule has 0 saturated carbocycles. The molecule has 0 atom stereocenters. The predicted molar refractivity (Wildman–Crippen MR) is 579 cm³/mol. The molecule has 0 aliphatic rings. The number of anilines is 10. The molecular weight excluding hydrogens is 1730 g/mol. The summed E-state index contributed by atoms with van der Waals surface area (Å²) in [5.74, 6) is 0. The van der Waals surface area contributed by atoms with Crippen molar-refractivity contribution in [1.29, 1.82) is 0 Å². The zero-order chi connectivity index (χ0) is 88.1. The molecule has 8 heterocycles. The number of hydrogen-bond donors (Lipinski definition) is 0. The Morgan fingerprint density at radius 1 is 0.138 bits per heavy atom. The first-order valence-electron chi connectivity index (χ1n) is 43.2. The molecule has 0 spiro atoms. The Balaban J connectivity index is 0.000000106. The molecule has 15 aromatic carbocycles. The standard InChI is InChI=1S/2C25H19NS2.C25H19NS.C21H17NS2.C21H17NS/c1-26(19-10-3-2-4-11-19)25-17-16-24(28-25)23-15-14-22(27-23)21-13-7-9-18-8-5-6-12-20(18)21;1-26(21-13-7-11-18-8-5-6-12-20(18)21)25-17-16-24(28-25)23-15-14-22(27-23)19-9-3-2-4-10-19;1-26(23-15-7-11-19-9-3-5-13-21(19)23)25-17-16-24(27-25)22-14-6-10-18-8-2-4-12-20(18)22;1-22(17-10-6-3-7-11-17)21-15-14-20(24-21)19-13-12-18(23-19)16-8-4-2-5-9-16;1-22(17-10-3-2-4-11-17)21-15-14-20(23-21)19-13-7-9-16-8-5-6-12-18(16)19/h2*2-17H,1H3;2-17H,1H3;2-15H,1H3;2-15H,1H3. The molecule has 8 aromatic heterocycles. The highest BCUT2D eigenvalue weighted by atomic mass is 32.1. The Morgan fingerprint density at radius 3 is 0.662 bits per heavy atom. The molecule has 0 unspecified atom stereocenters. The van der Waals surface area contributed by atoms with Crippen LogP contribution in [0.2, 0.25) is 0 Å². The van der Waals surface area contributed by atoms with Crippen molar-refractivity contribution in [2.75, 3.05) is 59.7 Å². The summed E-state index contributed by atoms with van der Waals surface area (Å²) >= 11 is 14.8. The van der Waals surface area contributed by atoms with E-state index in [1.54, 1.807) is 0 Å². The van der Waals surface area contributed by atoms with Gasteiger partial charge in [-0.05, 0) is 216 Å². The van der Waals surface area contributed by atoms with Gasteiger partial charge in [0.05, 0.1) is 25.0 Å². The van der Waals surface area contributed by atoms with Crippen LogP contribution in [0.15, 0.2) is 461 Å². The Bertz CT molecular complexity index is 7660. The summed E-state index contributed by atoms with van der Waals surface area (Å²) < 4.78 is 0. The first kappa shape index (κ1) is 85.6. The molecule has 130 heavy (non-hydrogen) atoms.